The number of hydrogen-bond acceptors (Lipinski definition) is 5. The van der Waals surface area contributed by atoms with E-state index in [4.69, 9.17) is 5.11 Å². The minimum atomic E-state index is -1.96. The van der Waals surface area contributed by atoms with Crippen molar-refractivity contribution in [1.29, 1.82) is 0 Å². The maximum Gasteiger partial charge on any atom is 1.00 e. The first kappa shape index (κ1) is 12.6. The maximum absolute atomic E-state index is 9.58. The Labute approximate surface area is 79.0 Å². The summed E-state index contributed by atoms with van der Waals surface area (Å²) >= 11 is 0. The summed E-state index contributed by atoms with van der Waals surface area (Å²) in [5.41, 5.74) is 0. The van der Waals surface area contributed by atoms with E-state index in [1.165, 1.54) is 0 Å². The molecule has 0 saturated carbocycles. The molecule has 0 aromatic heterocycles. The first-order chi connectivity index (χ1) is 4.04. The minimum absolute atomic E-state index is 0. The molecule has 0 aliphatic heterocycles. The molecule has 0 aromatic carbocycles. The van der Waals surface area contributed by atoms with Gasteiger partial charge in [-0.2, -0.15) is 0 Å². The molecule has 6 heteroatoms. The van der Waals surface area contributed by atoms with Crippen LogP contribution in [0.5, 0.6) is 0 Å². The van der Waals surface area contributed by atoms with Crippen molar-refractivity contribution in [2.24, 2.45) is 0 Å². The van der Waals surface area contributed by atoms with Gasteiger partial charge in [-0.1, -0.05) is 0 Å². The number of carboxylic acid groups (broad SMARTS) is 2. The molecule has 1 atom stereocenters. The van der Waals surface area contributed by atoms with Gasteiger partial charge >= 0.3 is 29.6 Å². The molecule has 0 radical (unpaired) electrons. The topological polar surface area (TPSA) is 100 Å². The normalized spacial score (nSPS) is 11.3. The van der Waals surface area contributed by atoms with Gasteiger partial charge in [-0.15, -0.1) is 0 Å². The van der Waals surface area contributed by atoms with Gasteiger partial charge < -0.3 is 24.9 Å². The molecule has 0 aliphatic carbocycles. The van der Waals surface area contributed by atoms with E-state index in [1.54, 1.807) is 0 Å². The van der Waals surface area contributed by atoms with E-state index >= 15 is 0 Å². The fourth-order valence-electron chi connectivity index (χ4n) is 0.241. The van der Waals surface area contributed by atoms with Gasteiger partial charge in [0.25, 0.3) is 0 Å². The average Bonchev–Trinajstić information content (AvgIpc) is 1.63. The third-order valence-electron chi connectivity index (χ3n) is 0.632. The molecular formula is C4H4NaO5-. The summed E-state index contributed by atoms with van der Waals surface area (Å²) in [5, 5.41) is 27.3. The minimum Gasteiger partial charge on any atom is -0.550 e. The van der Waals surface area contributed by atoms with Gasteiger partial charge in [-0.25, -0.2) is 0 Å². The van der Waals surface area contributed by atoms with Crippen LogP contribution in [0.3, 0.4) is 0 Å². The molecule has 0 aliphatic rings. The van der Waals surface area contributed by atoms with Gasteiger partial charge in [0.2, 0.25) is 0 Å². The molecule has 0 rings (SSSR count). The zero-order valence-electron chi connectivity index (χ0n) is 5.36. The molecule has 1 unspecified atom stereocenters. The van der Waals surface area contributed by atoms with Crippen LogP contribution >= 0.6 is 0 Å². The van der Waals surface area contributed by atoms with Gasteiger partial charge in [-0.3, -0.25) is 0 Å². The largest absolute Gasteiger partial charge is 1.00 e. The fourth-order valence-corrected chi connectivity index (χ4v) is 0.241. The van der Waals surface area contributed by atoms with Crippen LogP contribution in [0.4, 0.5) is 0 Å². The molecular weight excluding hydrogens is 151 g/mol. The fraction of sp³-hybridized carbons (Fsp3) is 0.500. The second kappa shape index (κ2) is 5.67. The van der Waals surface area contributed by atoms with Crippen molar-refractivity contribution in [3.05, 3.63) is 0 Å². The summed E-state index contributed by atoms with van der Waals surface area (Å²) in [5.74, 6) is -3.43. The van der Waals surface area contributed by atoms with Crippen molar-refractivity contribution in [3.8, 4) is 0 Å². The summed E-state index contributed by atoms with van der Waals surface area (Å²) < 4.78 is 0. The van der Waals surface area contributed by atoms with E-state index in [1.807, 2.05) is 0 Å². The van der Waals surface area contributed by atoms with Crippen molar-refractivity contribution in [2.45, 2.75) is 12.5 Å². The standard InChI is InChI=1S/C4H6O5.Na/c5-2(4(8)9)1-3(6)7;/h2,5H,1H2,(H,6,7)(H,8,9);/q;+1/p-2. The third-order valence-corrected chi connectivity index (χ3v) is 0.632. The van der Waals surface area contributed by atoms with Crippen LogP contribution in [0.1, 0.15) is 6.42 Å². The Morgan fingerprint density at radius 2 is 1.80 bits per heavy atom. The van der Waals surface area contributed by atoms with Crippen LogP contribution in [-0.4, -0.2) is 23.1 Å². The molecule has 0 aromatic rings. The molecule has 0 bridgehead atoms. The number of hydrogen-bond donors (Lipinski definition) is 1. The monoisotopic (exact) mass is 155 g/mol. The first-order valence-electron chi connectivity index (χ1n) is 2.13. The Morgan fingerprint density at radius 3 is 1.90 bits per heavy atom. The molecule has 0 fully saturated rings. The zero-order valence-corrected chi connectivity index (χ0v) is 7.36. The van der Waals surface area contributed by atoms with Crippen molar-refractivity contribution in [1.82, 2.24) is 0 Å². The second-order valence-electron chi connectivity index (χ2n) is 1.41. The van der Waals surface area contributed by atoms with Gasteiger partial charge in [-0.05, 0) is 0 Å². The molecule has 0 saturated heterocycles. The van der Waals surface area contributed by atoms with Crippen molar-refractivity contribution in [3.63, 3.8) is 0 Å². The van der Waals surface area contributed by atoms with Crippen LogP contribution in [-0.2, 0) is 9.59 Å². The third kappa shape index (κ3) is 6.03. The Kier molecular flexibility index (Phi) is 7.12. The smallest absolute Gasteiger partial charge is 0.550 e. The summed E-state index contributed by atoms with van der Waals surface area (Å²) in [7, 11) is 0. The summed E-state index contributed by atoms with van der Waals surface area (Å²) in [6.07, 6.45) is -2.89. The van der Waals surface area contributed by atoms with E-state index in [-0.39, 0.29) is 29.6 Å². The Bertz CT molecular complexity index is 134. The maximum atomic E-state index is 9.58. The number of aliphatic carboxylic acids is 2. The van der Waals surface area contributed by atoms with Gasteiger partial charge in [0.15, 0.2) is 0 Å². The zero-order chi connectivity index (χ0) is 7.44. The summed E-state index contributed by atoms with van der Waals surface area (Å²) in [6, 6.07) is 0. The van der Waals surface area contributed by atoms with Crippen molar-refractivity contribution >= 4 is 11.9 Å². The quantitative estimate of drug-likeness (QED) is 0.408. The number of aliphatic hydroxyl groups excluding tert-OH is 1. The molecule has 10 heavy (non-hydrogen) atoms. The van der Waals surface area contributed by atoms with Crippen LogP contribution in [0, 0.1) is 0 Å². The Hall–Kier alpha value is -0.100. The molecule has 0 spiro atoms. The first-order valence-corrected chi connectivity index (χ1v) is 2.13. The molecule has 1 N–H and O–H groups in total. The van der Waals surface area contributed by atoms with Gasteiger partial charge in [0, 0.05) is 12.4 Å². The summed E-state index contributed by atoms with van der Waals surface area (Å²) in [4.78, 5) is 19.1. The second-order valence-corrected chi connectivity index (χ2v) is 1.41. The molecule has 5 nitrogen and oxygen atoms in total. The Balaban J connectivity index is 0. The van der Waals surface area contributed by atoms with Gasteiger partial charge in [0.1, 0.15) is 0 Å². The predicted molar refractivity (Wildman–Crippen MR) is 20.6 cm³/mol. The number of carbonyl (C=O) groups excluding carboxylic acids is 2. The SMILES string of the molecule is O=C([O-])CC(O)C(=O)[O-].[Na+]. The van der Waals surface area contributed by atoms with Crippen LogP contribution in [0.25, 0.3) is 0 Å². The van der Waals surface area contributed by atoms with E-state index in [0.717, 1.165) is 0 Å². The van der Waals surface area contributed by atoms with Gasteiger partial charge in [0.05, 0.1) is 12.1 Å². The number of rotatable bonds is 3. The molecule has 0 heterocycles. The average molecular weight is 155 g/mol. The van der Waals surface area contributed by atoms with Crippen molar-refractivity contribution < 1.29 is 54.5 Å². The molecule has 0 amide bonds. The van der Waals surface area contributed by atoms with Crippen LogP contribution in [0.2, 0.25) is 0 Å². The Morgan fingerprint density at radius 1 is 1.40 bits per heavy atom. The predicted octanol–water partition coefficient (Wildman–Crippen LogP) is -6.76. The van der Waals surface area contributed by atoms with Crippen LogP contribution < -0.4 is 39.8 Å². The number of aliphatic hydroxyl groups is 1. The number of carboxylic acids is 2. The van der Waals surface area contributed by atoms with E-state index in [2.05, 4.69) is 0 Å². The summed E-state index contributed by atoms with van der Waals surface area (Å²) in [6.45, 7) is 0. The van der Waals surface area contributed by atoms with E-state index in [0.29, 0.717) is 0 Å². The van der Waals surface area contributed by atoms with Crippen LogP contribution in [0.15, 0.2) is 0 Å². The molecule has 52 valence electrons. The van der Waals surface area contributed by atoms with E-state index < -0.39 is 24.5 Å². The van der Waals surface area contributed by atoms with Crippen molar-refractivity contribution in [2.75, 3.05) is 0 Å². The van der Waals surface area contributed by atoms with E-state index in [9.17, 15) is 19.8 Å². The number of carbonyl (C=O) groups is 2.